The number of aromatic hydroxyl groups is 1. The lowest BCUT2D eigenvalue weighted by molar-refractivity contribution is 0.0694. The molecule has 3 rings (SSSR count). The number of aromatic carboxylic acids is 1. The summed E-state index contributed by atoms with van der Waals surface area (Å²) in [5.74, 6) is -1.37. The molecule has 0 unspecified atom stereocenters. The highest BCUT2D eigenvalue weighted by Gasteiger charge is 2.13. The molecular formula is C19H14O3. The quantitative estimate of drug-likeness (QED) is 0.750. The average molecular weight is 290 g/mol. The van der Waals surface area contributed by atoms with Gasteiger partial charge >= 0.3 is 5.97 Å². The third-order valence-electron chi connectivity index (χ3n) is 3.55. The average Bonchev–Trinajstić information content (AvgIpc) is 2.56. The minimum absolute atomic E-state index is 0.0969. The number of phenols is 1. The molecule has 2 N–H and O–H groups in total. The molecule has 3 heteroatoms. The zero-order valence-corrected chi connectivity index (χ0v) is 11.7. The van der Waals surface area contributed by atoms with E-state index in [1.807, 2.05) is 54.6 Å². The van der Waals surface area contributed by atoms with Crippen LogP contribution < -0.4 is 0 Å². The van der Waals surface area contributed by atoms with E-state index in [1.165, 1.54) is 12.1 Å². The molecule has 0 bridgehead atoms. The summed E-state index contributed by atoms with van der Waals surface area (Å²) in [7, 11) is 0. The Bertz CT molecular complexity index is 823. The van der Waals surface area contributed by atoms with Crippen molar-refractivity contribution in [3.8, 4) is 28.0 Å². The van der Waals surface area contributed by atoms with Crippen LogP contribution in [-0.4, -0.2) is 16.2 Å². The van der Waals surface area contributed by atoms with Gasteiger partial charge in [-0.15, -0.1) is 0 Å². The molecule has 108 valence electrons. The molecule has 3 nitrogen and oxygen atoms in total. The van der Waals surface area contributed by atoms with E-state index in [0.717, 1.165) is 22.3 Å². The molecule has 3 aromatic rings. The van der Waals surface area contributed by atoms with E-state index in [2.05, 4.69) is 0 Å². The number of hydrogen-bond donors (Lipinski definition) is 2. The third-order valence-corrected chi connectivity index (χ3v) is 3.55. The number of carboxylic acids is 1. The van der Waals surface area contributed by atoms with Gasteiger partial charge in [0.2, 0.25) is 0 Å². The number of rotatable bonds is 3. The lowest BCUT2D eigenvalue weighted by Crippen LogP contribution is -1.97. The van der Waals surface area contributed by atoms with Crippen molar-refractivity contribution in [3.05, 3.63) is 78.4 Å². The Morgan fingerprint density at radius 2 is 1.32 bits per heavy atom. The van der Waals surface area contributed by atoms with Crippen molar-refractivity contribution in [1.29, 1.82) is 0 Å². The van der Waals surface area contributed by atoms with E-state index in [9.17, 15) is 9.90 Å². The van der Waals surface area contributed by atoms with Crippen molar-refractivity contribution in [1.82, 2.24) is 0 Å². The molecule has 0 aliphatic carbocycles. The van der Waals surface area contributed by atoms with Gasteiger partial charge in [0.25, 0.3) is 0 Å². The van der Waals surface area contributed by atoms with E-state index in [1.54, 1.807) is 6.07 Å². The molecule has 0 spiro atoms. The van der Waals surface area contributed by atoms with Gasteiger partial charge in [-0.2, -0.15) is 0 Å². The molecule has 0 aliphatic rings. The van der Waals surface area contributed by atoms with Crippen molar-refractivity contribution in [3.63, 3.8) is 0 Å². The van der Waals surface area contributed by atoms with E-state index in [4.69, 9.17) is 5.11 Å². The number of hydrogen-bond acceptors (Lipinski definition) is 2. The Labute approximate surface area is 128 Å². The first-order valence-electron chi connectivity index (χ1n) is 6.88. The Hall–Kier alpha value is -3.07. The predicted molar refractivity (Wildman–Crippen MR) is 85.9 cm³/mol. The molecule has 3 aromatic carbocycles. The van der Waals surface area contributed by atoms with Crippen LogP contribution in [0.15, 0.2) is 72.8 Å². The summed E-state index contributed by atoms with van der Waals surface area (Å²) in [5.41, 5.74) is 3.67. The predicted octanol–water partition coefficient (Wildman–Crippen LogP) is 4.42. The van der Waals surface area contributed by atoms with Gasteiger partial charge in [-0.25, -0.2) is 4.79 Å². The lowest BCUT2D eigenvalue weighted by Gasteiger charge is -2.11. The summed E-state index contributed by atoms with van der Waals surface area (Å²) in [6.07, 6.45) is 0. The van der Waals surface area contributed by atoms with E-state index in [-0.39, 0.29) is 11.3 Å². The zero-order valence-electron chi connectivity index (χ0n) is 11.7. The smallest absolute Gasteiger partial charge is 0.339 e. The van der Waals surface area contributed by atoms with Crippen LogP contribution in [-0.2, 0) is 0 Å². The largest absolute Gasteiger partial charge is 0.507 e. The van der Waals surface area contributed by atoms with E-state index < -0.39 is 5.97 Å². The van der Waals surface area contributed by atoms with Gasteiger partial charge in [0.1, 0.15) is 11.3 Å². The minimum atomic E-state index is -1.14. The molecule has 0 saturated heterocycles. The van der Waals surface area contributed by atoms with Crippen molar-refractivity contribution in [2.75, 3.05) is 0 Å². The SMILES string of the molecule is O=C(O)c1cc(-c2ccccc2-c2ccccc2)ccc1O. The maximum Gasteiger partial charge on any atom is 0.339 e. The number of carboxylic acid groups (broad SMARTS) is 1. The fraction of sp³-hybridized carbons (Fsp3) is 0. The number of carbonyl (C=O) groups is 1. The summed E-state index contributed by atoms with van der Waals surface area (Å²) < 4.78 is 0. The van der Waals surface area contributed by atoms with Crippen LogP contribution in [0.1, 0.15) is 10.4 Å². The van der Waals surface area contributed by atoms with Crippen LogP contribution in [0, 0.1) is 0 Å². The first-order chi connectivity index (χ1) is 10.7. The van der Waals surface area contributed by atoms with Gasteiger partial charge in [0.15, 0.2) is 0 Å². The Morgan fingerprint density at radius 3 is 1.95 bits per heavy atom. The van der Waals surface area contributed by atoms with Gasteiger partial charge in [-0.3, -0.25) is 0 Å². The molecule has 0 radical (unpaired) electrons. The lowest BCUT2D eigenvalue weighted by atomic mass is 9.93. The minimum Gasteiger partial charge on any atom is -0.507 e. The fourth-order valence-corrected chi connectivity index (χ4v) is 2.48. The van der Waals surface area contributed by atoms with Gasteiger partial charge in [0.05, 0.1) is 0 Å². The van der Waals surface area contributed by atoms with Crippen LogP contribution in [0.4, 0.5) is 0 Å². The normalized spacial score (nSPS) is 10.4. The van der Waals surface area contributed by atoms with Gasteiger partial charge < -0.3 is 10.2 Å². The monoisotopic (exact) mass is 290 g/mol. The molecule has 0 aliphatic heterocycles. The first-order valence-corrected chi connectivity index (χ1v) is 6.88. The molecule has 0 saturated carbocycles. The van der Waals surface area contributed by atoms with Crippen molar-refractivity contribution < 1.29 is 15.0 Å². The van der Waals surface area contributed by atoms with Crippen molar-refractivity contribution in [2.24, 2.45) is 0 Å². The van der Waals surface area contributed by atoms with Gasteiger partial charge in [0, 0.05) is 0 Å². The second-order valence-corrected chi connectivity index (χ2v) is 4.95. The molecule has 0 fully saturated rings. The summed E-state index contributed by atoms with van der Waals surface area (Å²) in [4.78, 5) is 11.2. The molecular weight excluding hydrogens is 276 g/mol. The van der Waals surface area contributed by atoms with Crippen molar-refractivity contribution >= 4 is 5.97 Å². The Morgan fingerprint density at radius 1 is 0.727 bits per heavy atom. The van der Waals surface area contributed by atoms with E-state index >= 15 is 0 Å². The summed E-state index contributed by atoms with van der Waals surface area (Å²) in [6, 6.07) is 22.3. The highest BCUT2D eigenvalue weighted by Crippen LogP contribution is 2.33. The Kier molecular flexibility index (Phi) is 3.62. The topological polar surface area (TPSA) is 57.5 Å². The molecule has 0 atom stereocenters. The Balaban J connectivity index is 2.18. The first kappa shape index (κ1) is 13.9. The van der Waals surface area contributed by atoms with Crippen LogP contribution in [0.3, 0.4) is 0 Å². The van der Waals surface area contributed by atoms with Crippen LogP contribution in [0.2, 0.25) is 0 Å². The maximum atomic E-state index is 11.2. The highest BCUT2D eigenvalue weighted by molar-refractivity contribution is 5.94. The summed E-state index contributed by atoms with van der Waals surface area (Å²) in [5, 5.41) is 18.8. The van der Waals surface area contributed by atoms with Gasteiger partial charge in [-0.05, 0) is 34.4 Å². The number of benzene rings is 3. The fourth-order valence-electron chi connectivity index (χ4n) is 2.48. The van der Waals surface area contributed by atoms with E-state index in [0.29, 0.717) is 0 Å². The van der Waals surface area contributed by atoms with Crippen molar-refractivity contribution in [2.45, 2.75) is 0 Å². The van der Waals surface area contributed by atoms with Crippen LogP contribution in [0.5, 0.6) is 5.75 Å². The molecule has 0 heterocycles. The molecule has 22 heavy (non-hydrogen) atoms. The zero-order chi connectivity index (χ0) is 15.5. The summed E-state index contributed by atoms with van der Waals surface area (Å²) in [6.45, 7) is 0. The van der Waals surface area contributed by atoms with Gasteiger partial charge in [-0.1, -0.05) is 60.7 Å². The maximum absolute atomic E-state index is 11.2. The summed E-state index contributed by atoms with van der Waals surface area (Å²) >= 11 is 0. The van der Waals surface area contributed by atoms with Crippen LogP contribution >= 0.6 is 0 Å². The van der Waals surface area contributed by atoms with Crippen LogP contribution in [0.25, 0.3) is 22.3 Å². The standard InChI is InChI=1S/C19H14O3/c20-18-11-10-14(12-17(18)19(21)22)16-9-5-4-8-15(16)13-6-2-1-3-7-13/h1-12,20H,(H,21,22). The second kappa shape index (κ2) is 5.74. The highest BCUT2D eigenvalue weighted by atomic mass is 16.4. The molecule has 0 amide bonds. The second-order valence-electron chi connectivity index (χ2n) is 4.95. The third kappa shape index (κ3) is 2.56. The molecule has 0 aromatic heterocycles.